The van der Waals surface area contributed by atoms with Gasteiger partial charge in [-0.05, 0) is 66.5 Å². The highest BCUT2D eigenvalue weighted by atomic mass is 79.9. The number of nitrogens with zero attached hydrogens (tertiary/aromatic N) is 3. The minimum Gasteiger partial charge on any atom is -0.441 e. The fraction of sp³-hybridized carbons (Fsp3) is 0.421. The Morgan fingerprint density at radius 1 is 1.04 bits per heavy atom. The first-order valence-corrected chi connectivity index (χ1v) is 21.1. The monoisotopic (exact) mass is 775 g/mol. The lowest BCUT2D eigenvalue weighted by atomic mass is 9.82. The van der Waals surface area contributed by atoms with E-state index in [1.807, 2.05) is 74.6 Å². The molecule has 2 N–H and O–H groups in total. The Kier molecular flexibility index (Phi) is 9.24. The van der Waals surface area contributed by atoms with Gasteiger partial charge in [-0.3, -0.25) is 24.1 Å². The summed E-state index contributed by atoms with van der Waals surface area (Å²) in [5.74, 6) is -1.52. The number of esters is 1. The summed E-state index contributed by atoms with van der Waals surface area (Å²) in [6.07, 6.45) is -0.728. The van der Waals surface area contributed by atoms with Crippen molar-refractivity contribution in [2.75, 3.05) is 16.4 Å². The van der Waals surface area contributed by atoms with Gasteiger partial charge in [-0.25, -0.2) is 0 Å². The highest BCUT2D eigenvalue weighted by molar-refractivity contribution is 9.10. The highest BCUT2D eigenvalue weighted by Crippen LogP contribution is 2.60. The zero-order valence-electron chi connectivity index (χ0n) is 29.0. The van der Waals surface area contributed by atoms with Crippen molar-refractivity contribution in [3.8, 4) is 0 Å². The van der Waals surface area contributed by atoms with Crippen LogP contribution >= 0.6 is 15.9 Å². The van der Waals surface area contributed by atoms with Crippen LogP contribution < -0.4 is 9.80 Å². The molecule has 0 saturated carbocycles. The topological polar surface area (TPSA) is 137 Å². The molecule has 0 aromatic heterocycles. The number of ether oxygens (including phenoxy) is 2. The second-order valence-electron chi connectivity index (χ2n) is 14.6. The molecule has 4 aliphatic heterocycles. The first-order chi connectivity index (χ1) is 24.2. The number of hydrogen-bond acceptors (Lipinski definition) is 8. The van der Waals surface area contributed by atoms with Crippen LogP contribution in [0.1, 0.15) is 48.9 Å². The Balaban J connectivity index is 1.17. The largest absolute Gasteiger partial charge is 0.441 e. The molecule has 1 unspecified atom stereocenters. The van der Waals surface area contributed by atoms with Crippen LogP contribution in [0.3, 0.4) is 0 Å². The zero-order valence-corrected chi connectivity index (χ0v) is 31.6. The summed E-state index contributed by atoms with van der Waals surface area (Å²) in [5, 5.41) is 10.3. The molecule has 6 atom stereocenters. The van der Waals surface area contributed by atoms with E-state index in [1.165, 1.54) is 11.8 Å². The molecule has 2 fully saturated rings. The van der Waals surface area contributed by atoms with E-state index in [0.717, 1.165) is 21.2 Å². The molecule has 13 heteroatoms. The molecule has 4 heterocycles. The fourth-order valence-electron chi connectivity index (χ4n) is 8.67. The van der Waals surface area contributed by atoms with Crippen molar-refractivity contribution in [3.63, 3.8) is 0 Å². The van der Waals surface area contributed by atoms with Crippen LogP contribution in [0.25, 0.3) is 0 Å². The van der Waals surface area contributed by atoms with E-state index >= 15 is 0 Å². The molecule has 11 nitrogen and oxygen atoms in total. The Morgan fingerprint density at radius 2 is 1.75 bits per heavy atom. The lowest BCUT2D eigenvalue weighted by Gasteiger charge is -2.39. The maximum atomic E-state index is 14.9. The third kappa shape index (κ3) is 6.12. The SMILES string of the molecule is CC(=O)OC1CC(=O)N1c1ccc(CN2C(=O)[C@@]3(O[C@@H](CC(=O)N4Cc5ccccc5C[C@H]4CO)[C@H]([Si](C)(C)O)[C@H]3C)c3cc(Br)ccc32)cc1. The van der Waals surface area contributed by atoms with E-state index in [1.54, 1.807) is 21.9 Å². The number of carbonyl (C=O) groups excluding carboxylic acids is 4. The van der Waals surface area contributed by atoms with E-state index in [-0.39, 0.29) is 49.8 Å². The van der Waals surface area contributed by atoms with E-state index < -0.39 is 43.7 Å². The van der Waals surface area contributed by atoms with Crippen LogP contribution in [0.15, 0.2) is 71.2 Å². The molecule has 0 aliphatic carbocycles. The number of benzene rings is 3. The second kappa shape index (κ2) is 13.3. The van der Waals surface area contributed by atoms with E-state index in [2.05, 4.69) is 15.9 Å². The van der Waals surface area contributed by atoms with Crippen LogP contribution in [0, 0.1) is 5.92 Å². The lowest BCUT2D eigenvalue weighted by Crippen LogP contribution is -2.54. The van der Waals surface area contributed by atoms with Gasteiger partial charge in [0.15, 0.2) is 20.1 Å². The van der Waals surface area contributed by atoms with Crippen molar-refractivity contribution in [2.45, 2.75) is 88.8 Å². The van der Waals surface area contributed by atoms with Crippen molar-refractivity contribution >= 4 is 59.3 Å². The molecular formula is C38H42BrN3O8Si. The predicted octanol–water partition coefficient (Wildman–Crippen LogP) is 4.76. The number of aliphatic hydroxyl groups excluding tert-OH is 1. The molecule has 3 amide bonds. The standard InChI is InChI=1S/C38H42BrN3O8Si/c1-22-36(51(3,4)48)32(17-33(45)40-20-26-8-6-5-7-25(26)15-29(40)21-43)50-38(22)30-16-27(39)11-14-31(30)41(37(38)47)19-24-9-12-28(13-10-24)42-34(46)18-35(42)49-23(2)44/h5-14,16,22,29,32,35-36,43,48H,15,17-21H2,1-4H3/t22-,29+,32+,35?,36-,38+/m1/s1. The van der Waals surface area contributed by atoms with Gasteiger partial charge in [-0.1, -0.05) is 59.3 Å². The van der Waals surface area contributed by atoms with E-state index in [0.29, 0.717) is 29.9 Å². The predicted molar refractivity (Wildman–Crippen MR) is 195 cm³/mol. The number of halogens is 1. The minimum atomic E-state index is -3.03. The molecule has 3 aromatic rings. The highest BCUT2D eigenvalue weighted by Gasteiger charge is 2.66. The molecular weight excluding hydrogens is 734 g/mol. The fourth-order valence-corrected chi connectivity index (χ4v) is 11.6. The molecule has 2 saturated heterocycles. The van der Waals surface area contributed by atoms with Crippen LogP contribution in [-0.4, -0.2) is 71.8 Å². The first-order valence-electron chi connectivity index (χ1n) is 17.3. The van der Waals surface area contributed by atoms with Crippen molar-refractivity contribution in [1.29, 1.82) is 0 Å². The van der Waals surface area contributed by atoms with Crippen molar-refractivity contribution < 1.29 is 38.6 Å². The molecule has 51 heavy (non-hydrogen) atoms. The summed E-state index contributed by atoms with van der Waals surface area (Å²) in [4.78, 5) is 69.4. The third-order valence-corrected chi connectivity index (χ3v) is 14.0. The number of rotatable bonds is 8. The summed E-state index contributed by atoms with van der Waals surface area (Å²) in [6, 6.07) is 20.4. The second-order valence-corrected chi connectivity index (χ2v) is 19.5. The summed E-state index contributed by atoms with van der Waals surface area (Å²) in [7, 11) is -3.03. The number of carbonyl (C=O) groups is 4. The maximum Gasteiger partial charge on any atom is 0.304 e. The minimum absolute atomic E-state index is 0.0337. The molecule has 1 spiro atoms. The Bertz CT molecular complexity index is 1900. The number of hydrogen-bond donors (Lipinski definition) is 2. The maximum absolute atomic E-state index is 14.9. The van der Waals surface area contributed by atoms with Crippen LogP contribution in [0.2, 0.25) is 18.6 Å². The van der Waals surface area contributed by atoms with Crippen LogP contribution in [-0.2, 0) is 53.8 Å². The van der Waals surface area contributed by atoms with Gasteiger partial charge in [0.1, 0.15) is 0 Å². The van der Waals surface area contributed by atoms with Gasteiger partial charge in [0, 0.05) is 40.7 Å². The zero-order chi connectivity index (χ0) is 36.4. The number of β-lactam (4-membered cyclic amide) rings is 1. The average Bonchev–Trinajstić information content (AvgIpc) is 3.50. The van der Waals surface area contributed by atoms with Crippen LogP contribution in [0.4, 0.5) is 11.4 Å². The van der Waals surface area contributed by atoms with Crippen molar-refractivity contribution in [1.82, 2.24) is 4.90 Å². The van der Waals surface area contributed by atoms with Crippen molar-refractivity contribution in [2.24, 2.45) is 5.92 Å². The van der Waals surface area contributed by atoms with Crippen molar-refractivity contribution in [3.05, 3.63) is 93.5 Å². The van der Waals surface area contributed by atoms with Gasteiger partial charge in [0.05, 0.1) is 43.8 Å². The van der Waals surface area contributed by atoms with E-state index in [9.17, 15) is 29.1 Å². The lowest BCUT2D eigenvalue weighted by molar-refractivity contribution is -0.154. The molecule has 7 rings (SSSR count). The first kappa shape index (κ1) is 35.5. The Labute approximate surface area is 306 Å². The van der Waals surface area contributed by atoms with Gasteiger partial charge < -0.3 is 29.2 Å². The number of aliphatic hydroxyl groups is 1. The van der Waals surface area contributed by atoms with Gasteiger partial charge in [0.2, 0.25) is 11.8 Å². The summed E-state index contributed by atoms with van der Waals surface area (Å²) in [6.45, 7) is 7.32. The number of anilines is 2. The molecule has 3 aromatic carbocycles. The molecule has 0 bridgehead atoms. The Morgan fingerprint density at radius 3 is 2.39 bits per heavy atom. The van der Waals surface area contributed by atoms with E-state index in [4.69, 9.17) is 9.47 Å². The number of amides is 3. The summed E-state index contributed by atoms with van der Waals surface area (Å²) < 4.78 is 12.9. The molecule has 268 valence electrons. The molecule has 0 radical (unpaired) electrons. The van der Waals surface area contributed by atoms with Gasteiger partial charge in [-0.2, -0.15) is 0 Å². The normalized spacial score (nSPS) is 27.0. The molecule has 4 aliphatic rings. The van der Waals surface area contributed by atoms with Crippen LogP contribution in [0.5, 0.6) is 0 Å². The smallest absolute Gasteiger partial charge is 0.304 e. The summed E-state index contributed by atoms with van der Waals surface area (Å²) in [5.41, 5.74) is 3.03. The van der Waals surface area contributed by atoms with Gasteiger partial charge >= 0.3 is 5.97 Å². The summed E-state index contributed by atoms with van der Waals surface area (Å²) >= 11 is 3.60. The quantitative estimate of drug-likeness (QED) is 0.190. The number of fused-ring (bicyclic) bond motifs is 3. The van der Waals surface area contributed by atoms with Gasteiger partial charge in [-0.15, -0.1) is 0 Å². The third-order valence-electron chi connectivity index (χ3n) is 11.0. The van der Waals surface area contributed by atoms with Gasteiger partial charge in [0.25, 0.3) is 5.91 Å². The Hall–Kier alpha value is -3.88. The average molecular weight is 777 g/mol.